The summed E-state index contributed by atoms with van der Waals surface area (Å²) in [5.74, 6) is 0.544. The third kappa shape index (κ3) is 4.98. The summed E-state index contributed by atoms with van der Waals surface area (Å²) in [5.41, 5.74) is 1.45. The Labute approximate surface area is 191 Å². The van der Waals surface area contributed by atoms with Crippen molar-refractivity contribution in [3.63, 3.8) is 0 Å². The number of anilines is 1. The van der Waals surface area contributed by atoms with Crippen LogP contribution in [-0.2, 0) is 10.0 Å². The normalized spacial score (nSPS) is 13.8. The molecule has 0 fully saturated rings. The molecule has 4 rings (SSSR count). The molecule has 0 radical (unpaired) electrons. The Hall–Kier alpha value is -3.23. The van der Waals surface area contributed by atoms with Crippen molar-refractivity contribution in [1.29, 1.82) is 0 Å². The zero-order valence-electron chi connectivity index (χ0n) is 17.2. The van der Waals surface area contributed by atoms with Gasteiger partial charge in [-0.2, -0.15) is 0 Å². The number of rotatable bonds is 6. The fraction of sp³-hybridized carbons (Fsp3) is 0.174. The zero-order valence-corrected chi connectivity index (χ0v) is 18.7. The molecule has 9 heteroatoms. The highest BCUT2D eigenvalue weighted by atomic mass is 35.5. The van der Waals surface area contributed by atoms with Crippen molar-refractivity contribution in [1.82, 2.24) is 5.32 Å². The maximum Gasteiger partial charge on any atom is 0.262 e. The standard InChI is InChI=1S/C23H21ClN2O5S/c1-15(16-4-2-6-18(24)12-16)25-23(27)17-5-3-7-19(13-17)26-32(28,29)20-8-9-21-22(14-20)31-11-10-30-21/h2-9,12-15,26H,10-11H2,1H3,(H,25,27). The molecule has 3 aromatic rings. The lowest BCUT2D eigenvalue weighted by atomic mass is 10.1. The van der Waals surface area contributed by atoms with Gasteiger partial charge in [-0.3, -0.25) is 9.52 Å². The Morgan fingerprint density at radius 2 is 1.72 bits per heavy atom. The topological polar surface area (TPSA) is 93.7 Å². The SMILES string of the molecule is CC(NC(=O)c1cccc(NS(=O)(=O)c2ccc3c(c2)OCCO3)c1)c1cccc(Cl)c1. The number of ether oxygens (including phenoxy) is 2. The molecule has 0 saturated heterocycles. The van der Waals surface area contributed by atoms with Gasteiger partial charge in [-0.05, 0) is 55.0 Å². The number of carbonyl (C=O) groups excluding carboxylic acids is 1. The summed E-state index contributed by atoms with van der Waals surface area (Å²) in [5, 5.41) is 3.47. The van der Waals surface area contributed by atoms with E-state index >= 15 is 0 Å². The van der Waals surface area contributed by atoms with Crippen LogP contribution in [0.2, 0.25) is 5.02 Å². The number of hydrogen-bond donors (Lipinski definition) is 2. The molecule has 2 N–H and O–H groups in total. The monoisotopic (exact) mass is 472 g/mol. The maximum absolute atomic E-state index is 12.8. The first kappa shape index (κ1) is 22.0. The molecule has 1 aliphatic heterocycles. The van der Waals surface area contributed by atoms with E-state index in [0.29, 0.717) is 35.3 Å². The first-order valence-electron chi connectivity index (χ1n) is 9.91. The van der Waals surface area contributed by atoms with Crippen LogP contribution in [0, 0.1) is 0 Å². The summed E-state index contributed by atoms with van der Waals surface area (Å²) in [6.45, 7) is 2.62. The van der Waals surface area contributed by atoms with Crippen LogP contribution in [0.1, 0.15) is 28.9 Å². The third-order valence-electron chi connectivity index (χ3n) is 4.90. The molecule has 166 valence electrons. The minimum atomic E-state index is -3.89. The van der Waals surface area contributed by atoms with Gasteiger partial charge in [-0.1, -0.05) is 29.8 Å². The zero-order chi connectivity index (χ0) is 22.7. The minimum absolute atomic E-state index is 0.0335. The van der Waals surface area contributed by atoms with E-state index in [4.69, 9.17) is 21.1 Å². The highest BCUT2D eigenvalue weighted by Crippen LogP contribution is 2.32. The average Bonchev–Trinajstić information content (AvgIpc) is 2.78. The fourth-order valence-electron chi connectivity index (χ4n) is 3.27. The second-order valence-electron chi connectivity index (χ2n) is 7.24. The molecule has 1 heterocycles. The second-order valence-corrected chi connectivity index (χ2v) is 9.36. The van der Waals surface area contributed by atoms with E-state index in [9.17, 15) is 13.2 Å². The molecule has 0 aromatic heterocycles. The van der Waals surface area contributed by atoms with Gasteiger partial charge in [0.15, 0.2) is 11.5 Å². The van der Waals surface area contributed by atoms with Crippen LogP contribution in [0.5, 0.6) is 11.5 Å². The van der Waals surface area contributed by atoms with Crippen molar-refractivity contribution >= 4 is 33.2 Å². The van der Waals surface area contributed by atoms with E-state index in [2.05, 4.69) is 10.0 Å². The number of benzene rings is 3. The molecule has 0 aliphatic carbocycles. The number of halogens is 1. The quantitative estimate of drug-likeness (QED) is 0.554. The third-order valence-corrected chi connectivity index (χ3v) is 6.51. The summed E-state index contributed by atoms with van der Waals surface area (Å²) in [6, 6.07) is 17.6. The summed E-state index contributed by atoms with van der Waals surface area (Å²) in [6.07, 6.45) is 0. The van der Waals surface area contributed by atoms with Crippen molar-refractivity contribution < 1.29 is 22.7 Å². The molecule has 7 nitrogen and oxygen atoms in total. The van der Waals surface area contributed by atoms with E-state index in [1.165, 1.54) is 18.2 Å². The maximum atomic E-state index is 12.8. The number of fused-ring (bicyclic) bond motifs is 1. The van der Waals surface area contributed by atoms with Gasteiger partial charge in [0.2, 0.25) is 0 Å². The van der Waals surface area contributed by atoms with Crippen molar-refractivity contribution in [2.75, 3.05) is 17.9 Å². The number of nitrogens with one attached hydrogen (secondary N) is 2. The predicted molar refractivity (Wildman–Crippen MR) is 122 cm³/mol. The first-order chi connectivity index (χ1) is 15.3. The van der Waals surface area contributed by atoms with Gasteiger partial charge in [0.1, 0.15) is 13.2 Å². The van der Waals surface area contributed by atoms with E-state index in [-0.39, 0.29) is 22.5 Å². The van der Waals surface area contributed by atoms with Gasteiger partial charge in [0, 0.05) is 22.3 Å². The van der Waals surface area contributed by atoms with Crippen molar-refractivity contribution in [2.24, 2.45) is 0 Å². The molecule has 3 aromatic carbocycles. The van der Waals surface area contributed by atoms with Crippen LogP contribution in [0.4, 0.5) is 5.69 Å². The van der Waals surface area contributed by atoms with Gasteiger partial charge in [0.25, 0.3) is 15.9 Å². The number of carbonyl (C=O) groups is 1. The molecule has 0 saturated carbocycles. The lowest BCUT2D eigenvalue weighted by molar-refractivity contribution is 0.0940. The number of amides is 1. The van der Waals surface area contributed by atoms with E-state index in [1.807, 2.05) is 19.1 Å². The Bertz CT molecular complexity index is 1260. The Balaban J connectivity index is 1.49. The van der Waals surface area contributed by atoms with E-state index in [1.54, 1.807) is 36.4 Å². The van der Waals surface area contributed by atoms with Gasteiger partial charge < -0.3 is 14.8 Å². The van der Waals surface area contributed by atoms with Crippen LogP contribution in [0.15, 0.2) is 71.6 Å². The Kier molecular flexibility index (Phi) is 6.25. The molecular weight excluding hydrogens is 452 g/mol. The molecule has 1 aliphatic rings. The molecule has 0 spiro atoms. The number of hydrogen-bond acceptors (Lipinski definition) is 5. The molecule has 1 atom stereocenters. The summed E-state index contributed by atoms with van der Waals surface area (Å²) in [4.78, 5) is 12.7. The van der Waals surface area contributed by atoms with E-state index < -0.39 is 10.0 Å². The smallest absolute Gasteiger partial charge is 0.262 e. The van der Waals surface area contributed by atoms with Gasteiger partial charge >= 0.3 is 0 Å². The highest BCUT2D eigenvalue weighted by molar-refractivity contribution is 7.92. The number of sulfonamides is 1. The first-order valence-corrected chi connectivity index (χ1v) is 11.8. The second kappa shape index (κ2) is 9.10. The predicted octanol–water partition coefficient (Wildman–Crippen LogP) is 4.40. The van der Waals surface area contributed by atoms with Crippen LogP contribution in [0.3, 0.4) is 0 Å². The van der Waals surface area contributed by atoms with Crippen molar-refractivity contribution in [3.05, 3.63) is 82.9 Å². The van der Waals surface area contributed by atoms with Gasteiger partial charge in [0.05, 0.1) is 10.9 Å². The largest absolute Gasteiger partial charge is 0.486 e. The lowest BCUT2D eigenvalue weighted by Gasteiger charge is -2.19. The van der Waals surface area contributed by atoms with Gasteiger partial charge in [-0.15, -0.1) is 0 Å². The van der Waals surface area contributed by atoms with E-state index in [0.717, 1.165) is 5.56 Å². The lowest BCUT2D eigenvalue weighted by Crippen LogP contribution is -2.26. The molecule has 32 heavy (non-hydrogen) atoms. The summed E-state index contributed by atoms with van der Waals surface area (Å²) >= 11 is 6.02. The fourth-order valence-corrected chi connectivity index (χ4v) is 4.53. The van der Waals surface area contributed by atoms with Crippen LogP contribution in [0.25, 0.3) is 0 Å². The Morgan fingerprint density at radius 1 is 0.969 bits per heavy atom. The molecular formula is C23H21ClN2O5S. The minimum Gasteiger partial charge on any atom is -0.486 e. The average molecular weight is 473 g/mol. The van der Waals surface area contributed by atoms with Crippen LogP contribution < -0.4 is 19.5 Å². The van der Waals surface area contributed by atoms with Crippen LogP contribution in [-0.4, -0.2) is 27.5 Å². The summed E-state index contributed by atoms with van der Waals surface area (Å²) in [7, 11) is -3.89. The van der Waals surface area contributed by atoms with Crippen LogP contribution >= 0.6 is 11.6 Å². The summed E-state index contributed by atoms with van der Waals surface area (Å²) < 4.78 is 39.1. The molecule has 0 bridgehead atoms. The highest BCUT2D eigenvalue weighted by Gasteiger charge is 2.20. The molecule has 1 unspecified atom stereocenters. The Morgan fingerprint density at radius 3 is 2.50 bits per heavy atom. The van der Waals surface area contributed by atoms with Crippen molar-refractivity contribution in [2.45, 2.75) is 17.9 Å². The van der Waals surface area contributed by atoms with Crippen molar-refractivity contribution in [3.8, 4) is 11.5 Å². The molecule has 1 amide bonds. The van der Waals surface area contributed by atoms with Gasteiger partial charge in [-0.25, -0.2) is 8.42 Å².